The molecule has 0 aromatic heterocycles. The van der Waals surface area contributed by atoms with Crippen LogP contribution in [0.1, 0.15) is 19.8 Å². The van der Waals surface area contributed by atoms with Gasteiger partial charge in [0.1, 0.15) is 0 Å². The molecule has 1 heterocycles. The van der Waals surface area contributed by atoms with Gasteiger partial charge < -0.3 is 11.1 Å². The molecule has 19 heavy (non-hydrogen) atoms. The van der Waals surface area contributed by atoms with E-state index in [2.05, 4.69) is 15.5 Å². The largest absolute Gasteiger partial charge is 0.341 e. The number of urea groups is 1. The molecule has 0 radical (unpaired) electrons. The second-order valence-corrected chi connectivity index (χ2v) is 5.36. The van der Waals surface area contributed by atoms with Crippen LogP contribution >= 0.6 is 12.4 Å². The first-order valence-electron chi connectivity index (χ1n) is 6.55. The Kier molecular flexibility index (Phi) is 5.58. The SMILES string of the molecule is CNC(=O)NC(=O)C(C)N1CC2CCC(N)C2C1.Cl. The van der Waals surface area contributed by atoms with Crippen LogP contribution in [0.15, 0.2) is 0 Å². The Hall–Kier alpha value is -0.850. The van der Waals surface area contributed by atoms with Gasteiger partial charge in [-0.2, -0.15) is 0 Å². The lowest BCUT2D eigenvalue weighted by Gasteiger charge is -2.24. The summed E-state index contributed by atoms with van der Waals surface area (Å²) in [6.07, 6.45) is 2.26. The molecular weight excluding hydrogens is 268 g/mol. The average molecular weight is 291 g/mol. The summed E-state index contributed by atoms with van der Waals surface area (Å²) in [6.45, 7) is 3.62. The molecule has 2 fully saturated rings. The van der Waals surface area contributed by atoms with Gasteiger partial charge in [0.25, 0.3) is 0 Å². The molecule has 0 aromatic rings. The zero-order chi connectivity index (χ0) is 13.3. The molecule has 0 aromatic carbocycles. The van der Waals surface area contributed by atoms with Crippen LogP contribution < -0.4 is 16.4 Å². The predicted molar refractivity (Wildman–Crippen MR) is 75.1 cm³/mol. The fourth-order valence-corrected chi connectivity index (χ4v) is 3.10. The Labute approximate surface area is 119 Å². The lowest BCUT2D eigenvalue weighted by atomic mass is 9.98. The summed E-state index contributed by atoms with van der Waals surface area (Å²) >= 11 is 0. The van der Waals surface area contributed by atoms with Gasteiger partial charge >= 0.3 is 6.03 Å². The number of imide groups is 1. The van der Waals surface area contributed by atoms with Crippen molar-refractivity contribution in [1.29, 1.82) is 0 Å². The van der Waals surface area contributed by atoms with Gasteiger partial charge in [0.05, 0.1) is 6.04 Å². The number of nitrogens with zero attached hydrogens (tertiary/aromatic N) is 1. The second-order valence-electron chi connectivity index (χ2n) is 5.36. The maximum Gasteiger partial charge on any atom is 0.321 e. The molecule has 4 unspecified atom stereocenters. The van der Waals surface area contributed by atoms with Gasteiger partial charge in [-0.1, -0.05) is 0 Å². The van der Waals surface area contributed by atoms with Crippen molar-refractivity contribution in [3.8, 4) is 0 Å². The molecule has 1 saturated heterocycles. The Balaban J connectivity index is 0.00000180. The van der Waals surface area contributed by atoms with Crippen molar-refractivity contribution in [3.63, 3.8) is 0 Å². The molecule has 4 atom stereocenters. The van der Waals surface area contributed by atoms with Crippen LogP contribution in [-0.2, 0) is 4.79 Å². The van der Waals surface area contributed by atoms with Gasteiger partial charge in [-0.3, -0.25) is 15.0 Å². The monoisotopic (exact) mass is 290 g/mol. The van der Waals surface area contributed by atoms with Crippen LogP contribution in [0.25, 0.3) is 0 Å². The quantitative estimate of drug-likeness (QED) is 0.664. The smallest absolute Gasteiger partial charge is 0.321 e. The van der Waals surface area contributed by atoms with Gasteiger partial charge in [-0.25, -0.2) is 4.79 Å². The summed E-state index contributed by atoms with van der Waals surface area (Å²) in [4.78, 5) is 25.1. The minimum Gasteiger partial charge on any atom is -0.341 e. The van der Waals surface area contributed by atoms with Gasteiger partial charge in [-0.05, 0) is 31.6 Å². The molecule has 1 aliphatic heterocycles. The lowest BCUT2D eigenvalue weighted by Crippen LogP contribution is -2.49. The third kappa shape index (κ3) is 3.38. The predicted octanol–water partition coefficient (Wildman–Crippen LogP) is -0.0786. The maximum atomic E-state index is 11.9. The van der Waals surface area contributed by atoms with Crippen LogP contribution in [0.5, 0.6) is 0 Å². The molecule has 2 rings (SSSR count). The van der Waals surface area contributed by atoms with Crippen molar-refractivity contribution in [2.45, 2.75) is 31.8 Å². The summed E-state index contributed by atoms with van der Waals surface area (Å²) < 4.78 is 0. The molecule has 1 saturated carbocycles. The minimum atomic E-state index is -0.456. The molecule has 0 bridgehead atoms. The van der Waals surface area contributed by atoms with E-state index in [-0.39, 0.29) is 30.4 Å². The van der Waals surface area contributed by atoms with E-state index in [4.69, 9.17) is 5.73 Å². The highest BCUT2D eigenvalue weighted by Crippen LogP contribution is 2.37. The van der Waals surface area contributed by atoms with Crippen LogP contribution in [0.4, 0.5) is 4.79 Å². The highest BCUT2D eigenvalue weighted by Gasteiger charge is 2.43. The topological polar surface area (TPSA) is 87.5 Å². The Morgan fingerprint density at radius 2 is 2.00 bits per heavy atom. The van der Waals surface area contributed by atoms with E-state index < -0.39 is 6.03 Å². The fraction of sp³-hybridized carbons (Fsp3) is 0.833. The molecule has 7 heteroatoms. The summed E-state index contributed by atoms with van der Waals surface area (Å²) in [5.41, 5.74) is 6.07. The first-order valence-corrected chi connectivity index (χ1v) is 6.55. The molecule has 4 N–H and O–H groups in total. The molecule has 110 valence electrons. The summed E-state index contributed by atoms with van der Waals surface area (Å²) in [5, 5.41) is 4.70. The Bertz CT molecular complexity index is 353. The normalized spacial score (nSPS) is 31.2. The summed E-state index contributed by atoms with van der Waals surface area (Å²) in [7, 11) is 1.49. The number of carbonyl (C=O) groups excluding carboxylic acids is 2. The van der Waals surface area contributed by atoms with Gasteiger partial charge in [0.15, 0.2) is 0 Å². The second kappa shape index (κ2) is 6.54. The van der Waals surface area contributed by atoms with E-state index in [0.717, 1.165) is 25.9 Å². The number of fused-ring (bicyclic) bond motifs is 1. The highest BCUT2D eigenvalue weighted by molar-refractivity contribution is 5.96. The molecule has 2 aliphatic rings. The van der Waals surface area contributed by atoms with E-state index in [9.17, 15) is 9.59 Å². The highest BCUT2D eigenvalue weighted by atomic mass is 35.5. The van der Waals surface area contributed by atoms with Crippen molar-refractivity contribution in [2.75, 3.05) is 20.1 Å². The zero-order valence-electron chi connectivity index (χ0n) is 11.4. The van der Waals surface area contributed by atoms with Crippen molar-refractivity contribution >= 4 is 24.3 Å². The number of rotatable bonds is 2. The molecule has 3 amide bonds. The summed E-state index contributed by atoms with van der Waals surface area (Å²) in [6, 6.07) is -0.461. The van der Waals surface area contributed by atoms with Crippen LogP contribution in [-0.4, -0.2) is 49.1 Å². The van der Waals surface area contributed by atoms with Crippen LogP contribution in [0.2, 0.25) is 0 Å². The van der Waals surface area contributed by atoms with Crippen molar-refractivity contribution in [1.82, 2.24) is 15.5 Å². The Morgan fingerprint density at radius 1 is 1.32 bits per heavy atom. The van der Waals surface area contributed by atoms with Gasteiger partial charge in [-0.15, -0.1) is 12.4 Å². The maximum absolute atomic E-state index is 11.9. The van der Waals surface area contributed by atoms with E-state index in [1.807, 2.05) is 6.92 Å². The van der Waals surface area contributed by atoms with E-state index in [1.165, 1.54) is 7.05 Å². The number of carbonyl (C=O) groups is 2. The number of likely N-dealkylation sites (tertiary alicyclic amines) is 1. The number of hydrogen-bond acceptors (Lipinski definition) is 4. The molecular formula is C12H23ClN4O2. The number of halogens is 1. The molecule has 6 nitrogen and oxygen atoms in total. The minimum absolute atomic E-state index is 0. The average Bonchev–Trinajstić information content (AvgIpc) is 2.91. The van der Waals surface area contributed by atoms with E-state index >= 15 is 0 Å². The fourth-order valence-electron chi connectivity index (χ4n) is 3.10. The van der Waals surface area contributed by atoms with Crippen LogP contribution in [0.3, 0.4) is 0 Å². The number of amides is 3. The van der Waals surface area contributed by atoms with Crippen molar-refractivity contribution in [3.05, 3.63) is 0 Å². The molecule has 1 aliphatic carbocycles. The first kappa shape index (κ1) is 16.2. The molecule has 0 spiro atoms. The standard InChI is InChI=1S/C12H22N4O2.ClH/c1-7(11(17)15-12(18)14-2)16-5-8-3-4-10(13)9(8)6-16;/h7-10H,3-6,13H2,1-2H3,(H2,14,15,17,18);1H. The zero-order valence-corrected chi connectivity index (χ0v) is 12.2. The number of nitrogens with one attached hydrogen (secondary N) is 2. The first-order chi connectivity index (χ1) is 8.52. The lowest BCUT2D eigenvalue weighted by molar-refractivity contribution is -0.124. The number of nitrogens with two attached hydrogens (primary N) is 1. The van der Waals surface area contributed by atoms with E-state index in [0.29, 0.717) is 11.8 Å². The number of hydrogen-bond donors (Lipinski definition) is 3. The van der Waals surface area contributed by atoms with E-state index in [1.54, 1.807) is 0 Å². The Morgan fingerprint density at radius 3 is 2.58 bits per heavy atom. The van der Waals surface area contributed by atoms with Crippen molar-refractivity contribution < 1.29 is 9.59 Å². The van der Waals surface area contributed by atoms with Crippen LogP contribution in [0, 0.1) is 11.8 Å². The summed E-state index contributed by atoms with van der Waals surface area (Å²) in [5.74, 6) is 0.887. The van der Waals surface area contributed by atoms with Gasteiger partial charge in [0.2, 0.25) is 5.91 Å². The third-order valence-electron chi connectivity index (χ3n) is 4.33. The third-order valence-corrected chi connectivity index (χ3v) is 4.33. The van der Waals surface area contributed by atoms with Gasteiger partial charge in [0, 0.05) is 26.2 Å². The van der Waals surface area contributed by atoms with Crippen molar-refractivity contribution in [2.24, 2.45) is 17.6 Å².